The van der Waals surface area contributed by atoms with Crippen molar-refractivity contribution in [2.75, 3.05) is 0 Å². The molecule has 1 aromatic heterocycles. The highest BCUT2D eigenvalue weighted by molar-refractivity contribution is 5.04. The summed E-state index contributed by atoms with van der Waals surface area (Å²) in [7, 11) is 0. The molecule has 1 saturated heterocycles. The fourth-order valence-electron chi connectivity index (χ4n) is 4.85. The molecule has 0 bridgehead atoms. The number of nitrogens with zero attached hydrogens (tertiary/aromatic N) is 2. The molecule has 3 aliphatic rings. The van der Waals surface area contributed by atoms with Crippen LogP contribution in [0.2, 0.25) is 0 Å². The van der Waals surface area contributed by atoms with Crippen molar-refractivity contribution in [1.29, 1.82) is 0 Å². The Labute approximate surface area is 128 Å². The normalized spacial score (nSPS) is 34.0. The van der Waals surface area contributed by atoms with Crippen molar-refractivity contribution >= 4 is 0 Å². The van der Waals surface area contributed by atoms with Gasteiger partial charge >= 0.3 is 0 Å². The zero-order valence-electron chi connectivity index (χ0n) is 13.1. The second kappa shape index (κ2) is 6.12. The summed E-state index contributed by atoms with van der Waals surface area (Å²) >= 11 is 0. The largest absolute Gasteiger partial charge is 0.311 e. The molecule has 2 aliphatic carbocycles. The average molecular weight is 287 g/mol. The third-order valence-corrected chi connectivity index (χ3v) is 6.06. The molecule has 0 amide bonds. The van der Waals surface area contributed by atoms with Crippen molar-refractivity contribution in [3.8, 4) is 0 Å². The van der Waals surface area contributed by atoms with Gasteiger partial charge < -0.3 is 5.32 Å². The van der Waals surface area contributed by atoms with Crippen LogP contribution in [0.25, 0.3) is 0 Å². The van der Waals surface area contributed by atoms with E-state index in [4.69, 9.17) is 5.10 Å². The fraction of sp³-hybridized carbons (Fsp3) is 0.833. The van der Waals surface area contributed by atoms with Gasteiger partial charge in [-0.2, -0.15) is 5.10 Å². The molecule has 3 heteroatoms. The summed E-state index contributed by atoms with van der Waals surface area (Å²) in [5, 5.41) is 8.79. The first-order chi connectivity index (χ1) is 10.4. The van der Waals surface area contributed by atoms with E-state index >= 15 is 0 Å². The predicted molar refractivity (Wildman–Crippen MR) is 85.3 cm³/mol. The summed E-state index contributed by atoms with van der Waals surface area (Å²) in [5.74, 6) is 0.973. The first-order valence-electron chi connectivity index (χ1n) is 9.18. The quantitative estimate of drug-likeness (QED) is 0.915. The standard InChI is InChI=1S/C18H29N3/c1-2-6-17(7-3-1)21-12-11-16(20-21)13-15-10-9-14-5-4-8-18(14)19-15/h11-12,14-15,17-19H,1-10,13H2. The highest BCUT2D eigenvalue weighted by Crippen LogP contribution is 2.34. The summed E-state index contributed by atoms with van der Waals surface area (Å²) in [5.41, 5.74) is 1.30. The molecule has 3 atom stereocenters. The molecule has 0 aromatic carbocycles. The van der Waals surface area contributed by atoms with E-state index in [2.05, 4.69) is 22.3 Å². The van der Waals surface area contributed by atoms with Crippen LogP contribution in [0.4, 0.5) is 0 Å². The molecule has 0 spiro atoms. The van der Waals surface area contributed by atoms with Crippen molar-refractivity contribution in [1.82, 2.24) is 15.1 Å². The maximum absolute atomic E-state index is 4.89. The smallest absolute Gasteiger partial charge is 0.0640 e. The molecule has 21 heavy (non-hydrogen) atoms. The van der Waals surface area contributed by atoms with Gasteiger partial charge in [-0.3, -0.25) is 4.68 Å². The Balaban J connectivity index is 1.35. The van der Waals surface area contributed by atoms with Crippen LogP contribution in [0.15, 0.2) is 12.3 Å². The predicted octanol–water partition coefficient (Wildman–Crippen LogP) is 3.85. The minimum atomic E-state index is 0.666. The number of fused-ring (bicyclic) bond motifs is 1. The minimum absolute atomic E-state index is 0.666. The van der Waals surface area contributed by atoms with Crippen molar-refractivity contribution in [3.63, 3.8) is 0 Å². The number of nitrogens with one attached hydrogen (secondary N) is 1. The van der Waals surface area contributed by atoms with Crippen LogP contribution in [-0.4, -0.2) is 21.9 Å². The average Bonchev–Trinajstić information content (AvgIpc) is 3.17. The van der Waals surface area contributed by atoms with E-state index in [1.54, 1.807) is 0 Å². The van der Waals surface area contributed by atoms with Crippen LogP contribution < -0.4 is 5.32 Å². The second-order valence-electron chi connectivity index (χ2n) is 7.52. The first-order valence-corrected chi connectivity index (χ1v) is 9.18. The van der Waals surface area contributed by atoms with Crippen LogP contribution in [0.3, 0.4) is 0 Å². The van der Waals surface area contributed by atoms with E-state index in [9.17, 15) is 0 Å². The maximum Gasteiger partial charge on any atom is 0.0640 e. The first kappa shape index (κ1) is 13.8. The lowest BCUT2D eigenvalue weighted by Gasteiger charge is -2.33. The van der Waals surface area contributed by atoms with Gasteiger partial charge in [-0.05, 0) is 50.5 Å². The molecular formula is C18H29N3. The minimum Gasteiger partial charge on any atom is -0.311 e. The van der Waals surface area contributed by atoms with E-state index in [0.29, 0.717) is 12.1 Å². The highest BCUT2D eigenvalue weighted by Gasteiger charge is 2.33. The fourth-order valence-corrected chi connectivity index (χ4v) is 4.85. The Hall–Kier alpha value is -0.830. The van der Waals surface area contributed by atoms with Gasteiger partial charge in [0.1, 0.15) is 0 Å². The van der Waals surface area contributed by atoms with Crippen LogP contribution in [0, 0.1) is 5.92 Å². The summed E-state index contributed by atoms with van der Waals surface area (Å²) in [6.45, 7) is 0. The molecule has 2 heterocycles. The Kier molecular flexibility index (Phi) is 4.02. The number of hydrogen-bond donors (Lipinski definition) is 1. The van der Waals surface area contributed by atoms with E-state index < -0.39 is 0 Å². The highest BCUT2D eigenvalue weighted by atomic mass is 15.3. The monoisotopic (exact) mass is 287 g/mol. The van der Waals surface area contributed by atoms with Crippen LogP contribution in [0.5, 0.6) is 0 Å². The van der Waals surface area contributed by atoms with E-state index in [1.807, 2.05) is 0 Å². The van der Waals surface area contributed by atoms with Gasteiger partial charge in [0.25, 0.3) is 0 Å². The van der Waals surface area contributed by atoms with Crippen molar-refractivity contribution < 1.29 is 0 Å². The van der Waals surface area contributed by atoms with Crippen LogP contribution in [-0.2, 0) is 6.42 Å². The lowest BCUT2D eigenvalue weighted by molar-refractivity contribution is 0.255. The van der Waals surface area contributed by atoms with Crippen molar-refractivity contribution in [2.45, 2.75) is 88.8 Å². The van der Waals surface area contributed by atoms with Crippen LogP contribution >= 0.6 is 0 Å². The van der Waals surface area contributed by atoms with Gasteiger partial charge in [0.2, 0.25) is 0 Å². The zero-order valence-corrected chi connectivity index (χ0v) is 13.1. The molecule has 2 saturated carbocycles. The SMILES string of the molecule is c1cn(C2CCCCC2)nc1CC1CCC2CCCC2N1. The van der Waals surface area contributed by atoms with Gasteiger partial charge in [0.15, 0.2) is 0 Å². The van der Waals surface area contributed by atoms with Gasteiger partial charge in [0.05, 0.1) is 11.7 Å². The molecule has 3 unspecified atom stereocenters. The number of hydrogen-bond acceptors (Lipinski definition) is 2. The molecule has 116 valence electrons. The molecule has 3 nitrogen and oxygen atoms in total. The molecule has 1 aliphatic heterocycles. The summed E-state index contributed by atoms with van der Waals surface area (Å²) in [6, 6.07) is 4.41. The Morgan fingerprint density at radius 1 is 1.00 bits per heavy atom. The summed E-state index contributed by atoms with van der Waals surface area (Å²) < 4.78 is 2.26. The lowest BCUT2D eigenvalue weighted by atomic mass is 9.88. The zero-order chi connectivity index (χ0) is 14.1. The van der Waals surface area contributed by atoms with Gasteiger partial charge in [-0.15, -0.1) is 0 Å². The van der Waals surface area contributed by atoms with Gasteiger partial charge in [0, 0.05) is 24.7 Å². The van der Waals surface area contributed by atoms with E-state index in [0.717, 1.165) is 18.4 Å². The number of rotatable bonds is 3. The van der Waals surface area contributed by atoms with Gasteiger partial charge in [-0.1, -0.05) is 25.7 Å². The van der Waals surface area contributed by atoms with Gasteiger partial charge in [-0.25, -0.2) is 0 Å². The lowest BCUT2D eigenvalue weighted by Crippen LogP contribution is -2.46. The Morgan fingerprint density at radius 3 is 2.81 bits per heavy atom. The van der Waals surface area contributed by atoms with E-state index in [-0.39, 0.29) is 0 Å². The summed E-state index contributed by atoms with van der Waals surface area (Å²) in [4.78, 5) is 0. The topological polar surface area (TPSA) is 29.9 Å². The molecule has 0 radical (unpaired) electrons. The third kappa shape index (κ3) is 3.03. The molecule has 4 rings (SSSR count). The molecule has 1 N–H and O–H groups in total. The molecule has 3 fully saturated rings. The van der Waals surface area contributed by atoms with Crippen LogP contribution in [0.1, 0.15) is 75.9 Å². The second-order valence-corrected chi connectivity index (χ2v) is 7.52. The number of aromatic nitrogens is 2. The Bertz CT molecular complexity index is 461. The van der Waals surface area contributed by atoms with Crippen molar-refractivity contribution in [3.05, 3.63) is 18.0 Å². The maximum atomic E-state index is 4.89. The Morgan fingerprint density at radius 2 is 1.90 bits per heavy atom. The molecular weight excluding hydrogens is 258 g/mol. The summed E-state index contributed by atoms with van der Waals surface area (Å²) in [6.07, 6.45) is 17.3. The van der Waals surface area contributed by atoms with E-state index in [1.165, 1.54) is 69.9 Å². The third-order valence-electron chi connectivity index (χ3n) is 6.06. The molecule has 1 aromatic rings. The number of piperidine rings is 1. The van der Waals surface area contributed by atoms with Crippen molar-refractivity contribution in [2.24, 2.45) is 5.92 Å².